The van der Waals surface area contributed by atoms with Crippen molar-refractivity contribution in [1.29, 1.82) is 0 Å². The summed E-state index contributed by atoms with van der Waals surface area (Å²) in [4.78, 5) is 0. The molecule has 0 unspecified atom stereocenters. The normalized spacial score (nSPS) is 10.7. The highest BCUT2D eigenvalue weighted by atomic mass is 16.3. The van der Waals surface area contributed by atoms with Crippen molar-refractivity contribution in [3.63, 3.8) is 0 Å². The quantitative estimate of drug-likeness (QED) is 0.680. The molecule has 0 saturated heterocycles. The minimum atomic E-state index is 0.896. The first-order valence-corrected chi connectivity index (χ1v) is 7.30. The molecule has 0 spiro atoms. The third-order valence-electron chi connectivity index (χ3n) is 3.44. The molecule has 0 bridgehead atoms. The molecule has 3 aromatic rings. The molecule has 1 N–H and O–H groups in total. The highest BCUT2D eigenvalue weighted by Crippen LogP contribution is 2.21. The van der Waals surface area contributed by atoms with Gasteiger partial charge in [0, 0.05) is 25.1 Å². The second-order valence-corrected chi connectivity index (χ2v) is 5.04. The summed E-state index contributed by atoms with van der Waals surface area (Å²) in [5, 5.41) is 3.44. The summed E-state index contributed by atoms with van der Waals surface area (Å²) in [5.41, 5.74) is 2.43. The van der Waals surface area contributed by atoms with Gasteiger partial charge >= 0.3 is 0 Å². The third-order valence-corrected chi connectivity index (χ3v) is 3.44. The lowest BCUT2D eigenvalue weighted by atomic mass is 10.2. The molecule has 0 aliphatic carbocycles. The first-order chi connectivity index (χ1) is 10.4. The Kier molecular flexibility index (Phi) is 4.49. The Morgan fingerprint density at radius 2 is 1.48 bits per heavy atom. The number of nitrogens with one attached hydrogen (secondary N) is 1. The van der Waals surface area contributed by atoms with Crippen molar-refractivity contribution in [3.8, 4) is 11.3 Å². The Morgan fingerprint density at radius 1 is 0.762 bits per heavy atom. The summed E-state index contributed by atoms with van der Waals surface area (Å²) >= 11 is 0. The Labute approximate surface area is 125 Å². The van der Waals surface area contributed by atoms with Crippen LogP contribution in [0.15, 0.2) is 77.2 Å². The third kappa shape index (κ3) is 3.83. The SMILES string of the molecule is c1ccc(CNCCc2ccc(-c3ccccc3)o2)cc1. The maximum Gasteiger partial charge on any atom is 0.134 e. The molecule has 0 saturated carbocycles. The summed E-state index contributed by atoms with van der Waals surface area (Å²) in [6, 6.07) is 24.7. The number of hydrogen-bond donors (Lipinski definition) is 1. The summed E-state index contributed by atoms with van der Waals surface area (Å²) in [5.74, 6) is 1.96. The maximum atomic E-state index is 5.88. The monoisotopic (exact) mass is 277 g/mol. The average Bonchev–Trinajstić information content (AvgIpc) is 3.02. The number of rotatable bonds is 6. The highest BCUT2D eigenvalue weighted by Gasteiger charge is 2.03. The van der Waals surface area contributed by atoms with E-state index in [2.05, 4.69) is 47.8 Å². The molecular formula is C19H19NO. The van der Waals surface area contributed by atoms with Crippen molar-refractivity contribution in [2.24, 2.45) is 0 Å². The smallest absolute Gasteiger partial charge is 0.134 e. The summed E-state index contributed by atoms with van der Waals surface area (Å²) < 4.78 is 5.88. The molecule has 0 aliphatic heterocycles. The van der Waals surface area contributed by atoms with Crippen LogP contribution in [0, 0.1) is 0 Å². The van der Waals surface area contributed by atoms with Gasteiger partial charge in [-0.25, -0.2) is 0 Å². The van der Waals surface area contributed by atoms with Crippen molar-refractivity contribution in [2.75, 3.05) is 6.54 Å². The van der Waals surface area contributed by atoms with Crippen LogP contribution in [0.4, 0.5) is 0 Å². The molecule has 2 heteroatoms. The van der Waals surface area contributed by atoms with Crippen LogP contribution in [-0.2, 0) is 13.0 Å². The topological polar surface area (TPSA) is 25.2 Å². The van der Waals surface area contributed by atoms with Gasteiger partial charge in [-0.2, -0.15) is 0 Å². The lowest BCUT2D eigenvalue weighted by molar-refractivity contribution is 0.510. The standard InChI is InChI=1S/C19H19NO/c1-3-7-16(8-4-1)15-20-14-13-18-11-12-19(21-18)17-9-5-2-6-10-17/h1-12,20H,13-15H2. The van der Waals surface area contributed by atoms with Gasteiger partial charge in [-0.05, 0) is 17.7 Å². The van der Waals surface area contributed by atoms with Crippen molar-refractivity contribution in [2.45, 2.75) is 13.0 Å². The Morgan fingerprint density at radius 3 is 2.24 bits per heavy atom. The zero-order valence-electron chi connectivity index (χ0n) is 12.0. The van der Waals surface area contributed by atoms with Crippen LogP contribution in [0.5, 0.6) is 0 Å². The van der Waals surface area contributed by atoms with E-state index in [9.17, 15) is 0 Å². The Hall–Kier alpha value is -2.32. The van der Waals surface area contributed by atoms with Crippen LogP contribution in [0.3, 0.4) is 0 Å². The molecule has 1 aromatic heterocycles. The predicted octanol–water partition coefficient (Wildman–Crippen LogP) is 4.28. The van der Waals surface area contributed by atoms with Gasteiger partial charge in [-0.15, -0.1) is 0 Å². The molecule has 2 aromatic carbocycles. The zero-order chi connectivity index (χ0) is 14.3. The van der Waals surface area contributed by atoms with Crippen molar-refractivity contribution in [3.05, 3.63) is 84.1 Å². The molecule has 0 aliphatic rings. The van der Waals surface area contributed by atoms with E-state index < -0.39 is 0 Å². The number of benzene rings is 2. The van der Waals surface area contributed by atoms with Crippen LogP contribution in [0.1, 0.15) is 11.3 Å². The number of hydrogen-bond acceptors (Lipinski definition) is 2. The molecule has 0 radical (unpaired) electrons. The first kappa shape index (κ1) is 13.7. The van der Waals surface area contributed by atoms with Gasteiger partial charge in [0.25, 0.3) is 0 Å². The van der Waals surface area contributed by atoms with Crippen LogP contribution >= 0.6 is 0 Å². The predicted molar refractivity (Wildman–Crippen MR) is 86.0 cm³/mol. The van der Waals surface area contributed by atoms with Crippen molar-refractivity contribution in [1.82, 2.24) is 5.32 Å². The molecule has 2 nitrogen and oxygen atoms in total. The van der Waals surface area contributed by atoms with E-state index in [0.29, 0.717) is 0 Å². The van der Waals surface area contributed by atoms with E-state index in [0.717, 1.165) is 36.6 Å². The van der Waals surface area contributed by atoms with Crippen LogP contribution < -0.4 is 5.32 Å². The first-order valence-electron chi connectivity index (χ1n) is 7.30. The van der Waals surface area contributed by atoms with E-state index in [1.165, 1.54) is 5.56 Å². The lowest BCUT2D eigenvalue weighted by Crippen LogP contribution is -2.16. The van der Waals surface area contributed by atoms with E-state index >= 15 is 0 Å². The molecule has 106 valence electrons. The van der Waals surface area contributed by atoms with E-state index in [-0.39, 0.29) is 0 Å². The second kappa shape index (κ2) is 6.91. The fourth-order valence-electron chi connectivity index (χ4n) is 2.31. The molecule has 0 amide bonds. The fraction of sp³-hybridized carbons (Fsp3) is 0.158. The van der Waals surface area contributed by atoms with Gasteiger partial charge in [0.05, 0.1) is 0 Å². The van der Waals surface area contributed by atoms with Crippen molar-refractivity contribution < 1.29 is 4.42 Å². The summed E-state index contributed by atoms with van der Waals surface area (Å²) in [6.45, 7) is 1.81. The van der Waals surface area contributed by atoms with Gasteiger partial charge in [-0.3, -0.25) is 0 Å². The van der Waals surface area contributed by atoms with E-state index in [1.807, 2.05) is 30.3 Å². The minimum absolute atomic E-state index is 0.896. The zero-order valence-corrected chi connectivity index (χ0v) is 12.0. The molecule has 0 atom stereocenters. The molecule has 0 fully saturated rings. The largest absolute Gasteiger partial charge is 0.461 e. The number of furan rings is 1. The minimum Gasteiger partial charge on any atom is -0.461 e. The van der Waals surface area contributed by atoms with E-state index in [4.69, 9.17) is 4.42 Å². The van der Waals surface area contributed by atoms with Gasteiger partial charge in [0.15, 0.2) is 0 Å². The molecule has 3 rings (SSSR count). The molecular weight excluding hydrogens is 258 g/mol. The second-order valence-electron chi connectivity index (χ2n) is 5.04. The van der Waals surface area contributed by atoms with E-state index in [1.54, 1.807) is 0 Å². The van der Waals surface area contributed by atoms with Gasteiger partial charge in [-0.1, -0.05) is 60.7 Å². The molecule has 21 heavy (non-hydrogen) atoms. The Balaban J connectivity index is 1.49. The van der Waals surface area contributed by atoms with Gasteiger partial charge in [0.2, 0.25) is 0 Å². The van der Waals surface area contributed by atoms with Crippen LogP contribution in [-0.4, -0.2) is 6.54 Å². The maximum absolute atomic E-state index is 5.88. The van der Waals surface area contributed by atoms with Gasteiger partial charge < -0.3 is 9.73 Å². The average molecular weight is 277 g/mol. The van der Waals surface area contributed by atoms with Crippen LogP contribution in [0.2, 0.25) is 0 Å². The van der Waals surface area contributed by atoms with Crippen LogP contribution in [0.25, 0.3) is 11.3 Å². The Bertz CT molecular complexity index is 658. The summed E-state index contributed by atoms with van der Waals surface area (Å²) in [7, 11) is 0. The van der Waals surface area contributed by atoms with Gasteiger partial charge in [0.1, 0.15) is 11.5 Å². The molecule has 1 heterocycles. The highest BCUT2D eigenvalue weighted by molar-refractivity contribution is 5.57. The summed E-state index contributed by atoms with van der Waals surface area (Å²) in [6.07, 6.45) is 0.902. The lowest BCUT2D eigenvalue weighted by Gasteiger charge is -2.03. The fourth-order valence-corrected chi connectivity index (χ4v) is 2.31. The van der Waals surface area contributed by atoms with Crippen molar-refractivity contribution >= 4 is 0 Å².